The van der Waals surface area contributed by atoms with E-state index in [1.54, 1.807) is 37.4 Å². The van der Waals surface area contributed by atoms with Crippen molar-refractivity contribution in [1.82, 2.24) is 0 Å². The number of quaternary nitrogens is 1. The Labute approximate surface area is 180 Å². The van der Waals surface area contributed by atoms with Crippen molar-refractivity contribution in [2.75, 3.05) is 30.8 Å². The summed E-state index contributed by atoms with van der Waals surface area (Å²) in [5.41, 5.74) is 2.18. The van der Waals surface area contributed by atoms with Crippen molar-refractivity contribution in [3.05, 3.63) is 84.2 Å². The van der Waals surface area contributed by atoms with Crippen molar-refractivity contribution >= 4 is 23.2 Å². The Morgan fingerprint density at radius 1 is 0.839 bits per heavy atom. The van der Waals surface area contributed by atoms with Gasteiger partial charge in [-0.05, 0) is 61.5 Å². The Balaban J connectivity index is 1.45. The second-order valence-electron chi connectivity index (χ2n) is 7.36. The smallest absolute Gasteiger partial charge is 0.279 e. The number of hydrogen-bond donors (Lipinski definition) is 3. The molecule has 0 heterocycles. The number of carbonyl (C=O) groups is 2. The van der Waals surface area contributed by atoms with E-state index in [0.29, 0.717) is 22.0 Å². The maximum Gasteiger partial charge on any atom is 0.279 e. The number of rotatable bonds is 8. The fourth-order valence-corrected chi connectivity index (χ4v) is 2.94. The third-order valence-electron chi connectivity index (χ3n) is 4.43. The van der Waals surface area contributed by atoms with Gasteiger partial charge in [-0.2, -0.15) is 0 Å². The molecule has 1 atom stereocenters. The number of nitrogens with one attached hydrogen (secondary N) is 3. The van der Waals surface area contributed by atoms with Crippen LogP contribution >= 0.6 is 0 Å². The highest BCUT2D eigenvalue weighted by molar-refractivity contribution is 5.93. The fraction of sp³-hybridized carbons (Fsp3) is 0.167. The first-order chi connectivity index (χ1) is 14.9. The summed E-state index contributed by atoms with van der Waals surface area (Å²) in [4.78, 5) is 25.1. The van der Waals surface area contributed by atoms with Gasteiger partial charge in [-0.15, -0.1) is 0 Å². The van der Waals surface area contributed by atoms with Crippen molar-refractivity contribution in [3.8, 4) is 11.5 Å². The Hall–Kier alpha value is -3.71. The SMILES string of the molecule is Cc1ccc(Oc2ccc(NC(=O)C[NH+](C)CC(=O)Nc3cccc(F)c3)cc2)cc1. The van der Waals surface area contributed by atoms with Gasteiger partial charge < -0.3 is 20.3 Å². The number of likely N-dealkylation sites (N-methyl/N-ethyl adjacent to an activating group) is 1. The van der Waals surface area contributed by atoms with Gasteiger partial charge in [0, 0.05) is 11.4 Å². The summed E-state index contributed by atoms with van der Waals surface area (Å²) in [6.07, 6.45) is 0. The molecule has 0 bridgehead atoms. The fourth-order valence-electron chi connectivity index (χ4n) is 2.94. The highest BCUT2D eigenvalue weighted by Gasteiger charge is 2.15. The first-order valence-corrected chi connectivity index (χ1v) is 9.88. The summed E-state index contributed by atoms with van der Waals surface area (Å²) in [5.74, 6) is 0.465. The summed E-state index contributed by atoms with van der Waals surface area (Å²) < 4.78 is 19.0. The number of halogens is 1. The van der Waals surface area contributed by atoms with Crippen molar-refractivity contribution in [3.63, 3.8) is 0 Å². The van der Waals surface area contributed by atoms with Crippen LogP contribution in [0.25, 0.3) is 0 Å². The van der Waals surface area contributed by atoms with Gasteiger partial charge in [0.15, 0.2) is 13.1 Å². The molecule has 0 saturated carbocycles. The lowest BCUT2D eigenvalue weighted by atomic mass is 10.2. The average molecular weight is 422 g/mol. The zero-order chi connectivity index (χ0) is 22.2. The third-order valence-corrected chi connectivity index (χ3v) is 4.43. The van der Waals surface area contributed by atoms with Gasteiger partial charge >= 0.3 is 0 Å². The van der Waals surface area contributed by atoms with Crippen molar-refractivity contribution in [2.24, 2.45) is 0 Å². The van der Waals surface area contributed by atoms with Gasteiger partial charge in [-0.1, -0.05) is 23.8 Å². The minimum atomic E-state index is -0.423. The maximum atomic E-state index is 13.2. The van der Waals surface area contributed by atoms with Gasteiger partial charge in [0.05, 0.1) is 7.05 Å². The number of benzene rings is 3. The number of carbonyl (C=O) groups excluding carboxylic acids is 2. The molecule has 0 fully saturated rings. The van der Waals surface area contributed by atoms with Crippen molar-refractivity contribution in [2.45, 2.75) is 6.92 Å². The quantitative estimate of drug-likeness (QED) is 0.523. The molecule has 2 amide bonds. The molecule has 0 aliphatic carbocycles. The van der Waals surface area contributed by atoms with Crippen LogP contribution in [0.1, 0.15) is 5.56 Å². The van der Waals surface area contributed by atoms with E-state index in [1.807, 2.05) is 31.2 Å². The molecule has 31 heavy (non-hydrogen) atoms. The molecule has 0 saturated heterocycles. The predicted molar refractivity (Wildman–Crippen MR) is 118 cm³/mol. The molecule has 0 aliphatic heterocycles. The number of anilines is 2. The molecular formula is C24H25FN3O3+. The molecule has 160 valence electrons. The van der Waals surface area contributed by atoms with E-state index in [9.17, 15) is 14.0 Å². The summed E-state index contributed by atoms with van der Waals surface area (Å²) in [5, 5.41) is 5.43. The van der Waals surface area contributed by atoms with Gasteiger partial charge in [-0.25, -0.2) is 4.39 Å². The second-order valence-corrected chi connectivity index (χ2v) is 7.36. The molecule has 0 spiro atoms. The minimum Gasteiger partial charge on any atom is -0.457 e. The Morgan fingerprint density at radius 3 is 1.97 bits per heavy atom. The standard InChI is InChI=1S/C24H24FN3O3/c1-17-6-10-21(11-7-17)31-22-12-8-19(9-13-22)26-23(29)15-28(2)16-24(30)27-20-5-3-4-18(25)14-20/h3-14H,15-16H2,1-2H3,(H,26,29)(H,27,30)/p+1. The molecule has 0 aliphatic rings. The molecule has 3 aromatic rings. The minimum absolute atomic E-state index is 0.0766. The van der Waals surface area contributed by atoms with Gasteiger partial charge in [0.1, 0.15) is 17.3 Å². The van der Waals surface area contributed by atoms with E-state index in [2.05, 4.69) is 10.6 Å². The van der Waals surface area contributed by atoms with E-state index in [4.69, 9.17) is 4.74 Å². The first-order valence-electron chi connectivity index (χ1n) is 9.88. The number of amides is 2. The van der Waals surface area contributed by atoms with E-state index < -0.39 is 5.82 Å². The van der Waals surface area contributed by atoms with Crippen LogP contribution in [-0.4, -0.2) is 32.0 Å². The third kappa shape index (κ3) is 7.24. The van der Waals surface area contributed by atoms with Crippen LogP contribution in [0.5, 0.6) is 11.5 Å². The highest BCUT2D eigenvalue weighted by Crippen LogP contribution is 2.23. The average Bonchev–Trinajstić information content (AvgIpc) is 2.71. The highest BCUT2D eigenvalue weighted by atomic mass is 19.1. The van der Waals surface area contributed by atoms with Gasteiger partial charge in [-0.3, -0.25) is 9.59 Å². The lowest BCUT2D eigenvalue weighted by Crippen LogP contribution is -3.11. The monoisotopic (exact) mass is 422 g/mol. The topological polar surface area (TPSA) is 71.9 Å². The first kappa shape index (κ1) is 22.0. The second kappa shape index (κ2) is 10.4. The summed E-state index contributed by atoms with van der Waals surface area (Å²) >= 11 is 0. The van der Waals surface area contributed by atoms with Crippen LogP contribution in [0.4, 0.5) is 15.8 Å². The Kier molecular flexibility index (Phi) is 7.35. The lowest BCUT2D eigenvalue weighted by molar-refractivity contribution is -0.862. The van der Waals surface area contributed by atoms with Crippen LogP contribution in [0, 0.1) is 12.7 Å². The van der Waals surface area contributed by atoms with Crippen LogP contribution in [0.15, 0.2) is 72.8 Å². The molecule has 7 heteroatoms. The zero-order valence-corrected chi connectivity index (χ0v) is 17.4. The van der Waals surface area contributed by atoms with Crippen LogP contribution in [0.3, 0.4) is 0 Å². The molecule has 3 rings (SSSR count). The molecule has 0 radical (unpaired) electrons. The van der Waals surface area contributed by atoms with Crippen LogP contribution in [0.2, 0.25) is 0 Å². The maximum absolute atomic E-state index is 13.2. The molecule has 6 nitrogen and oxygen atoms in total. The Bertz CT molecular complexity index is 1040. The predicted octanol–water partition coefficient (Wildman–Crippen LogP) is 3.02. The van der Waals surface area contributed by atoms with E-state index in [1.165, 1.54) is 18.2 Å². The van der Waals surface area contributed by atoms with E-state index in [0.717, 1.165) is 11.3 Å². The number of aryl methyl sites for hydroxylation is 1. The van der Waals surface area contributed by atoms with E-state index in [-0.39, 0.29) is 24.9 Å². The van der Waals surface area contributed by atoms with Crippen LogP contribution < -0.4 is 20.3 Å². The van der Waals surface area contributed by atoms with E-state index >= 15 is 0 Å². The van der Waals surface area contributed by atoms with Crippen LogP contribution in [-0.2, 0) is 9.59 Å². The zero-order valence-electron chi connectivity index (χ0n) is 17.4. The van der Waals surface area contributed by atoms with Crippen molar-refractivity contribution < 1.29 is 23.6 Å². The largest absolute Gasteiger partial charge is 0.457 e. The number of hydrogen-bond acceptors (Lipinski definition) is 3. The Morgan fingerprint density at radius 2 is 1.39 bits per heavy atom. The number of ether oxygens (including phenoxy) is 1. The molecule has 0 aromatic heterocycles. The molecule has 3 N–H and O–H groups in total. The van der Waals surface area contributed by atoms with Gasteiger partial charge in [0.2, 0.25) is 0 Å². The molecule has 1 unspecified atom stereocenters. The van der Waals surface area contributed by atoms with Crippen molar-refractivity contribution in [1.29, 1.82) is 0 Å². The summed E-state index contributed by atoms with van der Waals surface area (Å²) in [6.45, 7) is 2.20. The van der Waals surface area contributed by atoms with Gasteiger partial charge in [0.25, 0.3) is 11.8 Å². The lowest BCUT2D eigenvalue weighted by Gasteiger charge is -2.14. The molecule has 3 aromatic carbocycles. The molecular weight excluding hydrogens is 397 g/mol. The summed E-state index contributed by atoms with van der Waals surface area (Å²) in [7, 11) is 1.74. The summed E-state index contributed by atoms with van der Waals surface area (Å²) in [6, 6.07) is 20.5. The normalized spacial score (nSPS) is 11.5.